The third kappa shape index (κ3) is 6.48. The van der Waals surface area contributed by atoms with Crippen LogP contribution in [0.15, 0.2) is 195 Å². The zero-order valence-corrected chi connectivity index (χ0v) is 24.1. The van der Waals surface area contributed by atoms with E-state index >= 15 is 0 Å². The van der Waals surface area contributed by atoms with E-state index < -0.39 is 0 Å². The fraction of sp³-hybridized carbons (Fsp3) is 0. The van der Waals surface area contributed by atoms with Gasteiger partial charge in [0.15, 0.2) is 0 Å². The van der Waals surface area contributed by atoms with Gasteiger partial charge in [-0.05, 0) is 74.9 Å². The Kier molecular flexibility index (Phi) is 8.53. The van der Waals surface area contributed by atoms with Crippen LogP contribution in [0.5, 0.6) is 0 Å². The first kappa shape index (κ1) is 27.5. The van der Waals surface area contributed by atoms with E-state index in [2.05, 4.69) is 181 Å². The number of nitrogens with zero attached hydrogens (tertiary/aromatic N) is 1. The molecule has 0 amide bonds. The molecule has 0 unspecified atom stereocenters. The molecule has 206 valence electrons. The summed E-state index contributed by atoms with van der Waals surface area (Å²) in [5.41, 5.74) is 11.6. The normalized spacial score (nSPS) is 11.4. The Bertz CT molecular complexity index is 1830. The largest absolute Gasteiger partial charge is 0.317 e. The Morgan fingerprint density at radius 2 is 0.860 bits per heavy atom. The van der Waals surface area contributed by atoms with Crippen molar-refractivity contribution in [2.45, 2.75) is 0 Å². The van der Waals surface area contributed by atoms with E-state index in [1.165, 1.54) is 33.4 Å². The monoisotopic (exact) mass is 551 g/mol. The molecule has 0 heterocycles. The highest BCUT2D eigenvalue weighted by atomic mass is 15.1. The van der Waals surface area contributed by atoms with Crippen LogP contribution in [0.1, 0.15) is 5.56 Å². The molecular formula is C42H33N. The SMILES string of the molecule is C=C/C(=C\C=C\N(c1ccc(-c2ccccc2)cc1)c1ccc(-c2ccccc2-c2ccccc2)cc1)c1ccccc1. The third-order valence-electron chi connectivity index (χ3n) is 7.56. The smallest absolute Gasteiger partial charge is 0.0455 e. The van der Waals surface area contributed by atoms with Crippen molar-refractivity contribution in [2.24, 2.45) is 0 Å². The van der Waals surface area contributed by atoms with Crippen LogP contribution in [0, 0.1) is 0 Å². The van der Waals surface area contributed by atoms with Crippen LogP contribution in [-0.4, -0.2) is 0 Å². The maximum Gasteiger partial charge on any atom is 0.0455 e. The first-order chi connectivity index (χ1) is 21.3. The van der Waals surface area contributed by atoms with Crippen molar-refractivity contribution >= 4 is 16.9 Å². The van der Waals surface area contributed by atoms with Gasteiger partial charge < -0.3 is 4.90 Å². The molecule has 0 spiro atoms. The molecule has 0 aromatic heterocycles. The van der Waals surface area contributed by atoms with Crippen molar-refractivity contribution in [3.63, 3.8) is 0 Å². The van der Waals surface area contributed by atoms with E-state index in [9.17, 15) is 0 Å². The Labute approximate surface area is 255 Å². The molecule has 0 N–H and O–H groups in total. The minimum atomic E-state index is 1.07. The summed E-state index contributed by atoms with van der Waals surface area (Å²) in [6.45, 7) is 4.04. The van der Waals surface area contributed by atoms with Gasteiger partial charge in [-0.1, -0.05) is 158 Å². The van der Waals surface area contributed by atoms with Crippen LogP contribution in [0.2, 0.25) is 0 Å². The second-order valence-electron chi connectivity index (χ2n) is 10.3. The zero-order valence-electron chi connectivity index (χ0n) is 24.1. The van der Waals surface area contributed by atoms with Gasteiger partial charge >= 0.3 is 0 Å². The molecule has 1 heteroatoms. The minimum Gasteiger partial charge on any atom is -0.317 e. The second kappa shape index (κ2) is 13.3. The number of hydrogen-bond donors (Lipinski definition) is 0. The van der Waals surface area contributed by atoms with E-state index in [1.54, 1.807) is 0 Å². The summed E-state index contributed by atoms with van der Waals surface area (Å²) in [5.74, 6) is 0. The molecule has 0 saturated heterocycles. The van der Waals surface area contributed by atoms with Crippen LogP contribution in [0.25, 0.3) is 39.0 Å². The predicted molar refractivity (Wildman–Crippen MR) is 185 cm³/mol. The summed E-state index contributed by atoms with van der Waals surface area (Å²) in [4.78, 5) is 2.23. The molecule has 1 nitrogen and oxygen atoms in total. The lowest BCUT2D eigenvalue weighted by molar-refractivity contribution is 1.28. The lowest BCUT2D eigenvalue weighted by Gasteiger charge is -2.22. The first-order valence-corrected chi connectivity index (χ1v) is 14.6. The topological polar surface area (TPSA) is 3.24 Å². The number of rotatable bonds is 9. The number of anilines is 2. The average molecular weight is 552 g/mol. The summed E-state index contributed by atoms with van der Waals surface area (Å²) in [5, 5.41) is 0. The molecular weight excluding hydrogens is 518 g/mol. The van der Waals surface area contributed by atoms with Crippen LogP contribution < -0.4 is 4.90 Å². The lowest BCUT2D eigenvalue weighted by Crippen LogP contribution is -2.08. The van der Waals surface area contributed by atoms with Gasteiger partial charge in [0, 0.05) is 17.6 Å². The maximum absolute atomic E-state index is 4.04. The van der Waals surface area contributed by atoms with Crippen LogP contribution in [-0.2, 0) is 0 Å². The standard InChI is InChI=1S/C42H33N/c1-2-33(34-15-6-3-7-16-34)21-14-32-43(39-28-24-36(25-29-39)35-17-8-4-9-18-35)40-30-26-38(27-31-40)42-23-13-12-22-41(42)37-19-10-5-11-20-37/h2-32H,1H2/b32-14+,33-21+. The van der Waals surface area contributed by atoms with Gasteiger partial charge in [0.1, 0.15) is 0 Å². The first-order valence-electron chi connectivity index (χ1n) is 14.6. The molecule has 0 fully saturated rings. The molecule has 6 aromatic rings. The number of hydrogen-bond acceptors (Lipinski definition) is 1. The number of allylic oxidation sites excluding steroid dienone is 4. The van der Waals surface area contributed by atoms with Gasteiger partial charge in [-0.3, -0.25) is 0 Å². The van der Waals surface area contributed by atoms with E-state index in [1.807, 2.05) is 18.2 Å². The van der Waals surface area contributed by atoms with Crippen molar-refractivity contribution in [1.82, 2.24) is 0 Å². The predicted octanol–water partition coefficient (Wildman–Crippen LogP) is 11.6. The van der Waals surface area contributed by atoms with Gasteiger partial charge in [-0.25, -0.2) is 0 Å². The Hall–Kier alpha value is -5.66. The number of benzene rings is 6. The van der Waals surface area contributed by atoms with Crippen molar-refractivity contribution in [3.8, 4) is 33.4 Å². The fourth-order valence-corrected chi connectivity index (χ4v) is 5.32. The molecule has 6 rings (SSSR count). The summed E-state index contributed by atoms with van der Waals surface area (Å²) in [6.07, 6.45) is 8.22. The highest BCUT2D eigenvalue weighted by molar-refractivity contribution is 5.84. The van der Waals surface area contributed by atoms with Gasteiger partial charge in [0.25, 0.3) is 0 Å². The highest BCUT2D eigenvalue weighted by Crippen LogP contribution is 2.35. The zero-order chi connectivity index (χ0) is 29.3. The molecule has 6 aromatic carbocycles. The molecule has 0 atom stereocenters. The van der Waals surface area contributed by atoms with E-state index in [0.29, 0.717) is 0 Å². The van der Waals surface area contributed by atoms with Gasteiger partial charge in [-0.15, -0.1) is 0 Å². The van der Waals surface area contributed by atoms with E-state index in [4.69, 9.17) is 0 Å². The van der Waals surface area contributed by atoms with Crippen molar-refractivity contribution < 1.29 is 0 Å². The van der Waals surface area contributed by atoms with Crippen LogP contribution in [0.3, 0.4) is 0 Å². The summed E-state index contributed by atoms with van der Waals surface area (Å²) in [7, 11) is 0. The molecule has 0 aliphatic rings. The molecule has 43 heavy (non-hydrogen) atoms. The van der Waals surface area contributed by atoms with E-state index in [0.717, 1.165) is 22.5 Å². The second-order valence-corrected chi connectivity index (χ2v) is 10.3. The third-order valence-corrected chi connectivity index (χ3v) is 7.56. The summed E-state index contributed by atoms with van der Waals surface area (Å²) in [6, 6.07) is 57.5. The van der Waals surface area contributed by atoms with Crippen LogP contribution in [0.4, 0.5) is 11.4 Å². The van der Waals surface area contributed by atoms with Crippen molar-refractivity contribution in [2.75, 3.05) is 4.90 Å². The minimum absolute atomic E-state index is 1.07. The van der Waals surface area contributed by atoms with Gasteiger partial charge in [0.05, 0.1) is 0 Å². The van der Waals surface area contributed by atoms with Crippen molar-refractivity contribution in [1.29, 1.82) is 0 Å². The van der Waals surface area contributed by atoms with Crippen molar-refractivity contribution in [3.05, 3.63) is 200 Å². The average Bonchev–Trinajstić information content (AvgIpc) is 3.10. The highest BCUT2D eigenvalue weighted by Gasteiger charge is 2.10. The molecule has 0 saturated carbocycles. The fourth-order valence-electron chi connectivity index (χ4n) is 5.32. The quantitative estimate of drug-likeness (QED) is 0.162. The summed E-state index contributed by atoms with van der Waals surface area (Å²) >= 11 is 0. The lowest BCUT2D eigenvalue weighted by atomic mass is 9.94. The summed E-state index contributed by atoms with van der Waals surface area (Å²) < 4.78 is 0. The Morgan fingerprint density at radius 3 is 1.40 bits per heavy atom. The van der Waals surface area contributed by atoms with Crippen LogP contribution >= 0.6 is 0 Å². The van der Waals surface area contributed by atoms with Gasteiger partial charge in [0.2, 0.25) is 0 Å². The molecule has 0 bridgehead atoms. The molecule has 0 aliphatic heterocycles. The Morgan fingerprint density at radius 1 is 0.442 bits per heavy atom. The Balaban J connectivity index is 1.35. The van der Waals surface area contributed by atoms with E-state index in [-0.39, 0.29) is 0 Å². The molecule has 0 aliphatic carbocycles. The maximum atomic E-state index is 4.04. The van der Waals surface area contributed by atoms with Gasteiger partial charge in [-0.2, -0.15) is 0 Å². The molecule has 0 radical (unpaired) electrons.